The van der Waals surface area contributed by atoms with Crippen molar-refractivity contribution in [1.82, 2.24) is 10.3 Å². The second-order valence-electron chi connectivity index (χ2n) is 8.46. The molecule has 4 aromatic rings. The third-order valence-corrected chi connectivity index (χ3v) is 6.81. The number of rotatable bonds is 5. The number of hydrogen-bond acceptors (Lipinski definition) is 4. The van der Waals surface area contributed by atoms with E-state index in [0.29, 0.717) is 24.2 Å². The van der Waals surface area contributed by atoms with Gasteiger partial charge in [0.05, 0.1) is 5.52 Å². The molecule has 7 heteroatoms. The summed E-state index contributed by atoms with van der Waals surface area (Å²) in [5.41, 5.74) is 0.288. The normalized spacial score (nSPS) is 19.3. The molecule has 2 N–H and O–H groups in total. The van der Waals surface area contributed by atoms with Gasteiger partial charge in [-0.25, -0.2) is 13.8 Å². The maximum atomic E-state index is 15.3. The number of benzene rings is 3. The number of hydrogen-bond donors (Lipinski definition) is 2. The summed E-state index contributed by atoms with van der Waals surface area (Å²) in [4.78, 5) is 4.68. The van der Waals surface area contributed by atoms with Gasteiger partial charge in [-0.2, -0.15) is 0 Å². The van der Waals surface area contributed by atoms with Gasteiger partial charge in [0.2, 0.25) is 5.88 Å². The minimum Gasteiger partial charge on any atom is -0.436 e. The number of halogens is 3. The summed E-state index contributed by atoms with van der Waals surface area (Å²) in [7, 11) is 0. The van der Waals surface area contributed by atoms with Crippen LogP contribution in [0, 0.1) is 11.6 Å². The second kappa shape index (κ2) is 9.06. The van der Waals surface area contributed by atoms with Crippen LogP contribution in [0.1, 0.15) is 36.0 Å². The highest BCUT2D eigenvalue weighted by Gasteiger charge is 2.45. The van der Waals surface area contributed by atoms with E-state index in [1.165, 1.54) is 6.07 Å². The van der Waals surface area contributed by atoms with Gasteiger partial charge in [0.15, 0.2) is 11.6 Å². The monoisotopic (exact) mass is 524 g/mol. The molecule has 0 radical (unpaired) electrons. The Hall–Kier alpha value is -2.87. The summed E-state index contributed by atoms with van der Waals surface area (Å²) in [5.74, 6) is -2.37. The van der Waals surface area contributed by atoms with E-state index >= 15 is 4.39 Å². The van der Waals surface area contributed by atoms with E-state index in [0.717, 1.165) is 21.5 Å². The fourth-order valence-corrected chi connectivity index (χ4v) is 5.10. The lowest BCUT2D eigenvalue weighted by Crippen LogP contribution is -2.39. The molecule has 34 heavy (non-hydrogen) atoms. The third-order valence-electron chi connectivity index (χ3n) is 6.32. The second-order valence-corrected chi connectivity index (χ2v) is 9.37. The molecule has 5 rings (SSSR count). The zero-order valence-electron chi connectivity index (χ0n) is 18.5. The van der Waals surface area contributed by atoms with Gasteiger partial charge in [-0.05, 0) is 55.4 Å². The molecule has 0 fully saturated rings. The molecule has 2 unspecified atom stereocenters. The Labute approximate surface area is 204 Å². The van der Waals surface area contributed by atoms with E-state index in [2.05, 4.69) is 26.2 Å². The van der Waals surface area contributed by atoms with Crippen LogP contribution >= 0.6 is 15.9 Å². The Morgan fingerprint density at radius 3 is 2.62 bits per heavy atom. The van der Waals surface area contributed by atoms with Crippen LogP contribution < -0.4 is 10.1 Å². The SMILES string of the molecule is CCNCCC1(O)c2cc(c(F)cc2F)Oc2nc3ccc(Br)cc3cc2C1c1ccccc1. The fourth-order valence-electron chi connectivity index (χ4n) is 4.73. The highest BCUT2D eigenvalue weighted by molar-refractivity contribution is 9.10. The molecule has 3 aromatic carbocycles. The van der Waals surface area contributed by atoms with Crippen LogP contribution in [0.15, 0.2) is 71.2 Å². The van der Waals surface area contributed by atoms with Gasteiger partial charge in [0.1, 0.15) is 11.4 Å². The summed E-state index contributed by atoms with van der Waals surface area (Å²) < 4.78 is 36.8. The first-order chi connectivity index (χ1) is 16.4. The highest BCUT2D eigenvalue weighted by atomic mass is 79.9. The summed E-state index contributed by atoms with van der Waals surface area (Å²) in [6.07, 6.45) is 0.193. The van der Waals surface area contributed by atoms with Crippen molar-refractivity contribution in [2.24, 2.45) is 0 Å². The molecular formula is C27H23BrF2N2O2. The fraction of sp³-hybridized carbons (Fsp3) is 0.222. The lowest BCUT2D eigenvalue weighted by atomic mass is 9.71. The highest BCUT2D eigenvalue weighted by Crippen LogP contribution is 2.51. The van der Waals surface area contributed by atoms with Crippen molar-refractivity contribution in [3.05, 3.63) is 99.5 Å². The molecule has 0 saturated heterocycles. The first-order valence-corrected chi connectivity index (χ1v) is 12.0. The van der Waals surface area contributed by atoms with E-state index in [4.69, 9.17) is 4.74 Å². The Bertz CT molecular complexity index is 1370. The molecule has 0 spiro atoms. The maximum absolute atomic E-state index is 15.3. The number of pyridine rings is 1. The van der Waals surface area contributed by atoms with Crippen molar-refractivity contribution >= 4 is 26.8 Å². The first-order valence-electron chi connectivity index (χ1n) is 11.2. The van der Waals surface area contributed by atoms with E-state index < -0.39 is 23.2 Å². The largest absolute Gasteiger partial charge is 0.436 e. The predicted octanol–water partition coefficient (Wildman–Crippen LogP) is 6.40. The Balaban J connectivity index is 1.85. The number of ether oxygens (including phenoxy) is 1. The van der Waals surface area contributed by atoms with Gasteiger partial charge < -0.3 is 15.2 Å². The van der Waals surface area contributed by atoms with Crippen LogP contribution in [-0.4, -0.2) is 23.2 Å². The van der Waals surface area contributed by atoms with Crippen LogP contribution in [0.4, 0.5) is 8.78 Å². The van der Waals surface area contributed by atoms with Crippen molar-refractivity contribution in [1.29, 1.82) is 0 Å². The van der Waals surface area contributed by atoms with Crippen molar-refractivity contribution in [2.75, 3.05) is 13.1 Å². The van der Waals surface area contributed by atoms with Crippen molar-refractivity contribution in [3.8, 4) is 11.6 Å². The van der Waals surface area contributed by atoms with Crippen LogP contribution in [-0.2, 0) is 5.60 Å². The topological polar surface area (TPSA) is 54.4 Å². The third kappa shape index (κ3) is 3.98. The summed E-state index contributed by atoms with van der Waals surface area (Å²) >= 11 is 3.50. The predicted molar refractivity (Wildman–Crippen MR) is 131 cm³/mol. The lowest BCUT2D eigenvalue weighted by Gasteiger charge is -2.39. The smallest absolute Gasteiger partial charge is 0.223 e. The average molecular weight is 525 g/mol. The first kappa shape index (κ1) is 22.9. The summed E-state index contributed by atoms with van der Waals surface area (Å²) in [6.45, 7) is 3.10. The molecule has 1 aliphatic heterocycles. The Kier molecular flexibility index (Phi) is 6.10. The van der Waals surface area contributed by atoms with Gasteiger partial charge in [-0.15, -0.1) is 0 Å². The van der Waals surface area contributed by atoms with Gasteiger partial charge in [-0.3, -0.25) is 0 Å². The molecule has 174 valence electrons. The van der Waals surface area contributed by atoms with Gasteiger partial charge in [0.25, 0.3) is 0 Å². The van der Waals surface area contributed by atoms with Crippen molar-refractivity contribution < 1.29 is 18.6 Å². The molecule has 0 saturated carbocycles. The maximum Gasteiger partial charge on any atom is 0.223 e. The van der Waals surface area contributed by atoms with Crippen LogP contribution in [0.2, 0.25) is 0 Å². The minimum absolute atomic E-state index is 0.00403. The summed E-state index contributed by atoms with van der Waals surface area (Å²) in [6, 6.07) is 19.0. The quantitative estimate of drug-likeness (QED) is 0.296. The van der Waals surface area contributed by atoms with Crippen LogP contribution in [0.25, 0.3) is 10.9 Å². The van der Waals surface area contributed by atoms with Gasteiger partial charge in [0, 0.05) is 33.0 Å². The van der Waals surface area contributed by atoms with Crippen LogP contribution in [0.5, 0.6) is 11.6 Å². The lowest BCUT2D eigenvalue weighted by molar-refractivity contribution is 0.00563. The number of nitrogens with one attached hydrogen (secondary N) is 1. The van der Waals surface area contributed by atoms with E-state index in [1.54, 1.807) is 0 Å². The molecule has 1 aromatic heterocycles. The molecule has 2 atom stereocenters. The molecular weight excluding hydrogens is 502 g/mol. The Morgan fingerprint density at radius 2 is 1.85 bits per heavy atom. The molecule has 1 aliphatic rings. The molecule has 2 bridgehead atoms. The number of aliphatic hydroxyl groups is 1. The zero-order chi connectivity index (χ0) is 23.9. The minimum atomic E-state index is -1.70. The van der Waals surface area contributed by atoms with Crippen molar-refractivity contribution in [3.63, 3.8) is 0 Å². The van der Waals surface area contributed by atoms with E-state index in [9.17, 15) is 9.50 Å². The van der Waals surface area contributed by atoms with Crippen LogP contribution in [0.3, 0.4) is 0 Å². The molecule has 2 heterocycles. The van der Waals surface area contributed by atoms with Gasteiger partial charge >= 0.3 is 0 Å². The van der Waals surface area contributed by atoms with Gasteiger partial charge in [-0.1, -0.05) is 53.2 Å². The number of aromatic nitrogens is 1. The number of fused-ring (bicyclic) bond motifs is 4. The zero-order valence-corrected chi connectivity index (χ0v) is 20.1. The van der Waals surface area contributed by atoms with E-state index in [-0.39, 0.29) is 23.6 Å². The standard InChI is InChI=1S/C27H23BrF2N2O2/c1-2-31-11-10-27(33)20-14-24(22(30)15-21(20)29)34-26-19(25(27)16-6-4-3-5-7-16)13-17-12-18(28)8-9-23(17)32-26/h3-9,12-15,25,31,33H,2,10-11H2,1H3. The average Bonchev–Trinajstić information content (AvgIpc) is 2.81. The molecule has 0 aliphatic carbocycles. The Morgan fingerprint density at radius 1 is 1.06 bits per heavy atom. The van der Waals surface area contributed by atoms with E-state index in [1.807, 2.05) is 61.5 Å². The summed E-state index contributed by atoms with van der Waals surface area (Å²) in [5, 5.41) is 16.4. The molecule has 0 amide bonds. The number of nitrogens with zero attached hydrogens (tertiary/aromatic N) is 1. The molecule has 4 nitrogen and oxygen atoms in total. The van der Waals surface area contributed by atoms with Crippen molar-refractivity contribution in [2.45, 2.75) is 24.9 Å².